The molecule has 2 unspecified atom stereocenters. The highest BCUT2D eigenvalue weighted by Gasteiger charge is 2.41. The van der Waals surface area contributed by atoms with Gasteiger partial charge in [-0.3, -0.25) is 4.90 Å². The summed E-state index contributed by atoms with van der Waals surface area (Å²) in [6.07, 6.45) is 8.11. The fourth-order valence-corrected chi connectivity index (χ4v) is 5.35. The van der Waals surface area contributed by atoms with E-state index in [-0.39, 0.29) is 0 Å². The Hall–Kier alpha value is -2.18. The quantitative estimate of drug-likeness (QED) is 0.693. The number of hydrogen-bond donors (Lipinski definition) is 0. The van der Waals surface area contributed by atoms with Gasteiger partial charge in [0.15, 0.2) is 0 Å². The van der Waals surface area contributed by atoms with Crippen molar-refractivity contribution in [3.63, 3.8) is 0 Å². The SMILES string of the molecule is CCOCc1cc(CN2C3CCC2c2cnc(N4CCCC4)nc2C3)ccc1OC. The molecule has 0 amide bonds. The Bertz CT molecular complexity index is 897. The largest absolute Gasteiger partial charge is 0.496 e. The molecule has 160 valence electrons. The lowest BCUT2D eigenvalue weighted by molar-refractivity contribution is 0.131. The molecule has 0 aliphatic carbocycles. The van der Waals surface area contributed by atoms with Crippen molar-refractivity contribution in [3.05, 3.63) is 46.8 Å². The first-order valence-electron chi connectivity index (χ1n) is 11.4. The van der Waals surface area contributed by atoms with E-state index in [1.807, 2.05) is 6.92 Å². The minimum Gasteiger partial charge on any atom is -0.496 e. The van der Waals surface area contributed by atoms with Gasteiger partial charge < -0.3 is 14.4 Å². The first-order chi connectivity index (χ1) is 14.8. The molecule has 4 heterocycles. The van der Waals surface area contributed by atoms with Crippen LogP contribution in [0.5, 0.6) is 5.75 Å². The average molecular weight is 409 g/mol. The molecule has 30 heavy (non-hydrogen) atoms. The van der Waals surface area contributed by atoms with Crippen LogP contribution in [0, 0.1) is 0 Å². The second-order valence-electron chi connectivity index (χ2n) is 8.67. The van der Waals surface area contributed by atoms with Gasteiger partial charge in [-0.15, -0.1) is 0 Å². The number of hydrogen-bond acceptors (Lipinski definition) is 6. The van der Waals surface area contributed by atoms with Crippen LogP contribution in [0.25, 0.3) is 0 Å². The van der Waals surface area contributed by atoms with Gasteiger partial charge in [0, 0.05) is 62.1 Å². The number of ether oxygens (including phenoxy) is 2. The first kappa shape index (κ1) is 19.8. The van der Waals surface area contributed by atoms with Crippen molar-refractivity contribution in [2.75, 3.05) is 31.7 Å². The molecule has 6 heteroatoms. The zero-order valence-corrected chi connectivity index (χ0v) is 18.1. The summed E-state index contributed by atoms with van der Waals surface area (Å²) in [6.45, 7) is 6.47. The van der Waals surface area contributed by atoms with E-state index in [1.54, 1.807) is 7.11 Å². The number of methoxy groups -OCH3 is 1. The normalized spacial score (nSPS) is 23.1. The molecule has 2 fully saturated rings. The van der Waals surface area contributed by atoms with E-state index in [0.717, 1.165) is 43.3 Å². The molecule has 2 saturated heterocycles. The number of aromatic nitrogens is 2. The average Bonchev–Trinajstić information content (AvgIpc) is 3.40. The van der Waals surface area contributed by atoms with Crippen molar-refractivity contribution in [3.8, 4) is 5.75 Å². The van der Waals surface area contributed by atoms with Crippen molar-refractivity contribution in [2.24, 2.45) is 0 Å². The predicted molar refractivity (Wildman–Crippen MR) is 117 cm³/mol. The molecule has 0 spiro atoms. The minimum atomic E-state index is 0.434. The van der Waals surface area contributed by atoms with Crippen LogP contribution in [0.2, 0.25) is 0 Å². The lowest BCUT2D eigenvalue weighted by atomic mass is 9.98. The summed E-state index contributed by atoms with van der Waals surface area (Å²) < 4.78 is 11.2. The Kier molecular flexibility index (Phi) is 5.61. The Morgan fingerprint density at radius 1 is 1.17 bits per heavy atom. The third kappa shape index (κ3) is 3.67. The summed E-state index contributed by atoms with van der Waals surface area (Å²) in [5, 5.41) is 0. The number of fused-ring (bicyclic) bond motifs is 4. The maximum atomic E-state index is 5.65. The molecule has 3 aliphatic heterocycles. The van der Waals surface area contributed by atoms with Crippen molar-refractivity contribution in [2.45, 2.75) is 64.3 Å². The fourth-order valence-electron chi connectivity index (χ4n) is 5.35. The van der Waals surface area contributed by atoms with Crippen LogP contribution in [0.15, 0.2) is 24.4 Å². The van der Waals surface area contributed by atoms with Crippen molar-refractivity contribution >= 4 is 5.95 Å². The number of benzene rings is 1. The molecule has 2 aromatic rings. The zero-order chi connectivity index (χ0) is 20.5. The second kappa shape index (κ2) is 8.52. The topological polar surface area (TPSA) is 50.7 Å². The van der Waals surface area contributed by atoms with Crippen molar-refractivity contribution in [1.29, 1.82) is 0 Å². The van der Waals surface area contributed by atoms with Crippen LogP contribution in [-0.2, 0) is 24.3 Å². The summed E-state index contributed by atoms with van der Waals surface area (Å²) in [4.78, 5) is 14.8. The van der Waals surface area contributed by atoms with Gasteiger partial charge in [0.25, 0.3) is 0 Å². The van der Waals surface area contributed by atoms with E-state index < -0.39 is 0 Å². The van der Waals surface area contributed by atoms with Crippen LogP contribution in [0.3, 0.4) is 0 Å². The van der Waals surface area contributed by atoms with Crippen LogP contribution in [0.1, 0.15) is 61.0 Å². The lowest BCUT2D eigenvalue weighted by Gasteiger charge is -2.36. The van der Waals surface area contributed by atoms with E-state index in [1.165, 1.54) is 42.5 Å². The number of nitrogens with zero attached hydrogens (tertiary/aromatic N) is 4. The minimum absolute atomic E-state index is 0.434. The zero-order valence-electron chi connectivity index (χ0n) is 18.1. The van der Waals surface area contributed by atoms with E-state index in [9.17, 15) is 0 Å². The third-order valence-corrected chi connectivity index (χ3v) is 6.88. The third-order valence-electron chi connectivity index (χ3n) is 6.88. The molecule has 2 bridgehead atoms. The highest BCUT2D eigenvalue weighted by Crippen LogP contribution is 2.44. The van der Waals surface area contributed by atoms with Gasteiger partial charge in [0.1, 0.15) is 5.75 Å². The summed E-state index contributed by atoms with van der Waals surface area (Å²) >= 11 is 0. The van der Waals surface area contributed by atoms with Gasteiger partial charge in [0.2, 0.25) is 5.95 Å². The lowest BCUT2D eigenvalue weighted by Crippen LogP contribution is -2.38. The molecule has 3 aliphatic rings. The Morgan fingerprint density at radius 3 is 2.83 bits per heavy atom. The molecule has 1 aromatic carbocycles. The van der Waals surface area contributed by atoms with Crippen LogP contribution in [0.4, 0.5) is 5.95 Å². The summed E-state index contributed by atoms with van der Waals surface area (Å²) in [6, 6.07) is 7.52. The molecule has 0 saturated carbocycles. The van der Waals surface area contributed by atoms with E-state index >= 15 is 0 Å². The monoisotopic (exact) mass is 408 g/mol. The maximum Gasteiger partial charge on any atom is 0.225 e. The molecular formula is C24H32N4O2. The molecule has 5 rings (SSSR count). The predicted octanol–water partition coefficient (Wildman–Crippen LogP) is 3.88. The summed E-state index contributed by atoms with van der Waals surface area (Å²) in [5.41, 5.74) is 5.07. The molecule has 6 nitrogen and oxygen atoms in total. The van der Waals surface area contributed by atoms with Crippen LogP contribution in [-0.4, -0.2) is 47.7 Å². The molecule has 2 atom stereocenters. The van der Waals surface area contributed by atoms with Gasteiger partial charge in [-0.1, -0.05) is 6.07 Å². The van der Waals surface area contributed by atoms with Gasteiger partial charge in [0.05, 0.1) is 19.4 Å². The van der Waals surface area contributed by atoms with E-state index in [4.69, 9.17) is 19.4 Å². The van der Waals surface area contributed by atoms with Gasteiger partial charge in [-0.05, 0) is 50.3 Å². The molecular weight excluding hydrogens is 376 g/mol. The maximum absolute atomic E-state index is 5.65. The highest BCUT2D eigenvalue weighted by molar-refractivity contribution is 5.39. The molecule has 0 radical (unpaired) electrons. The highest BCUT2D eigenvalue weighted by atomic mass is 16.5. The van der Waals surface area contributed by atoms with E-state index in [0.29, 0.717) is 25.3 Å². The van der Waals surface area contributed by atoms with E-state index in [2.05, 4.69) is 34.2 Å². The van der Waals surface area contributed by atoms with Gasteiger partial charge in [-0.2, -0.15) is 0 Å². The van der Waals surface area contributed by atoms with Crippen LogP contribution >= 0.6 is 0 Å². The molecule has 1 aromatic heterocycles. The number of anilines is 1. The van der Waals surface area contributed by atoms with Gasteiger partial charge >= 0.3 is 0 Å². The second-order valence-corrected chi connectivity index (χ2v) is 8.67. The summed E-state index contributed by atoms with van der Waals surface area (Å²) in [7, 11) is 1.72. The Balaban J connectivity index is 1.36. The first-order valence-corrected chi connectivity index (χ1v) is 11.4. The van der Waals surface area contributed by atoms with Gasteiger partial charge in [-0.25, -0.2) is 9.97 Å². The van der Waals surface area contributed by atoms with Crippen molar-refractivity contribution in [1.82, 2.24) is 14.9 Å². The van der Waals surface area contributed by atoms with Crippen LogP contribution < -0.4 is 9.64 Å². The molecule has 0 N–H and O–H groups in total. The number of rotatable bonds is 7. The standard InChI is InChI=1S/C24H32N4O2/c1-3-30-16-18-12-17(6-9-23(18)29-2)15-28-19-7-8-22(28)20-14-25-24(26-21(20)13-19)27-10-4-5-11-27/h6,9,12,14,19,22H,3-5,7-8,10-11,13,15-16H2,1-2H3. The smallest absolute Gasteiger partial charge is 0.225 e. The fraction of sp³-hybridized carbons (Fsp3) is 0.583. The Morgan fingerprint density at radius 2 is 2.03 bits per heavy atom. The Labute approximate surface area is 179 Å². The van der Waals surface area contributed by atoms with Crippen molar-refractivity contribution < 1.29 is 9.47 Å². The summed E-state index contributed by atoms with van der Waals surface area (Å²) in [5.74, 6) is 1.84.